The molecule has 1 heterocycles. The van der Waals surface area contributed by atoms with Crippen LogP contribution in [0.4, 0.5) is 0 Å². The topological polar surface area (TPSA) is 72.5 Å². The van der Waals surface area contributed by atoms with Gasteiger partial charge in [0.05, 0.1) is 32.0 Å². The van der Waals surface area contributed by atoms with Gasteiger partial charge in [0, 0.05) is 0 Å². The molecule has 4 aromatic carbocycles. The molecule has 7 heteroatoms. The van der Waals surface area contributed by atoms with Crippen molar-refractivity contribution < 1.29 is 33.2 Å². The van der Waals surface area contributed by atoms with E-state index in [2.05, 4.69) is 6.58 Å². The second-order valence-electron chi connectivity index (χ2n) is 11.1. The van der Waals surface area contributed by atoms with Gasteiger partial charge in [0.15, 0.2) is 6.29 Å². The van der Waals surface area contributed by atoms with Gasteiger partial charge in [0.1, 0.15) is 31.0 Å². The van der Waals surface area contributed by atoms with Gasteiger partial charge in [0.25, 0.3) is 0 Å². The third-order valence-electron chi connectivity index (χ3n) is 7.67. The van der Waals surface area contributed by atoms with E-state index >= 15 is 0 Å². The van der Waals surface area contributed by atoms with Crippen molar-refractivity contribution in [2.75, 3.05) is 13.2 Å². The standard InChI is InChI=1S/C39H42O7/c1-2-3-16-25-41-39-37(44-28-32-21-12-6-13-22-32)36(43-27-31-19-10-5-11-20-31)35(42-26-30-17-8-4-9-18-30)34(46-39)29-45-38(40)33-23-14-7-15-24-33/h2,4-15,17-24,34-37,39H,1,3,16,25-29H2/t34-,35-,36+,37-,39-/m1/s1. The zero-order valence-electron chi connectivity index (χ0n) is 26.0. The lowest BCUT2D eigenvalue weighted by Gasteiger charge is -2.45. The maximum Gasteiger partial charge on any atom is 0.338 e. The molecule has 1 fully saturated rings. The summed E-state index contributed by atoms with van der Waals surface area (Å²) in [5, 5.41) is 0. The highest BCUT2D eigenvalue weighted by molar-refractivity contribution is 5.89. The number of hydrogen-bond acceptors (Lipinski definition) is 7. The number of carbonyl (C=O) groups excluding carboxylic acids is 1. The summed E-state index contributed by atoms with van der Waals surface area (Å²) < 4.78 is 38.6. The molecule has 7 nitrogen and oxygen atoms in total. The first-order valence-corrected chi connectivity index (χ1v) is 15.8. The molecule has 1 aliphatic rings. The minimum absolute atomic E-state index is 0.0592. The molecule has 0 aliphatic carbocycles. The molecular formula is C39H42O7. The maximum atomic E-state index is 13.0. The second kappa shape index (κ2) is 18.1. The molecule has 0 radical (unpaired) electrons. The van der Waals surface area contributed by atoms with Crippen LogP contribution in [-0.4, -0.2) is 49.9 Å². The highest BCUT2D eigenvalue weighted by Crippen LogP contribution is 2.32. The lowest BCUT2D eigenvalue weighted by atomic mass is 9.97. The number of carbonyl (C=O) groups is 1. The third kappa shape index (κ3) is 9.94. The van der Waals surface area contributed by atoms with Gasteiger partial charge in [-0.05, 0) is 41.7 Å². The van der Waals surface area contributed by atoms with Crippen molar-refractivity contribution in [3.63, 3.8) is 0 Å². The monoisotopic (exact) mass is 622 g/mol. The van der Waals surface area contributed by atoms with Crippen LogP contribution in [0.1, 0.15) is 39.9 Å². The van der Waals surface area contributed by atoms with Crippen molar-refractivity contribution in [2.45, 2.75) is 63.4 Å². The number of esters is 1. The second-order valence-corrected chi connectivity index (χ2v) is 11.1. The molecule has 0 unspecified atom stereocenters. The van der Waals surface area contributed by atoms with Crippen LogP contribution in [0.15, 0.2) is 134 Å². The van der Waals surface area contributed by atoms with Gasteiger partial charge in [-0.1, -0.05) is 115 Å². The number of benzene rings is 4. The van der Waals surface area contributed by atoms with Gasteiger partial charge in [-0.25, -0.2) is 4.79 Å². The first kappa shape index (κ1) is 33.3. The molecule has 0 N–H and O–H groups in total. The van der Waals surface area contributed by atoms with E-state index in [4.69, 9.17) is 28.4 Å². The zero-order chi connectivity index (χ0) is 31.8. The van der Waals surface area contributed by atoms with Gasteiger partial charge >= 0.3 is 5.97 Å². The SMILES string of the molecule is C=CCCCO[C@@H]1O[C@H](COC(=O)c2ccccc2)[C@@H](OCc2ccccc2)[C@H](OCc2ccccc2)[C@H]1OCc1ccccc1. The molecule has 0 bridgehead atoms. The Bertz CT molecular complexity index is 1430. The minimum Gasteiger partial charge on any atom is -0.459 e. The lowest BCUT2D eigenvalue weighted by molar-refractivity contribution is -0.326. The Morgan fingerprint density at radius 2 is 1.11 bits per heavy atom. The quantitative estimate of drug-likeness (QED) is 0.0695. The highest BCUT2D eigenvalue weighted by Gasteiger charge is 2.49. The number of rotatable bonds is 17. The number of allylic oxidation sites excluding steroid dienone is 1. The molecule has 0 spiro atoms. The molecule has 5 rings (SSSR count). The van der Waals surface area contributed by atoms with Crippen LogP contribution in [0.3, 0.4) is 0 Å². The zero-order valence-corrected chi connectivity index (χ0v) is 26.0. The maximum absolute atomic E-state index is 13.0. The molecule has 5 atom stereocenters. The molecule has 0 amide bonds. The molecule has 1 saturated heterocycles. The van der Waals surface area contributed by atoms with Gasteiger partial charge in [0.2, 0.25) is 0 Å². The molecule has 4 aromatic rings. The van der Waals surface area contributed by atoms with Crippen LogP contribution < -0.4 is 0 Å². The Kier molecular flexibility index (Phi) is 13.1. The fourth-order valence-corrected chi connectivity index (χ4v) is 5.26. The third-order valence-corrected chi connectivity index (χ3v) is 7.67. The smallest absolute Gasteiger partial charge is 0.338 e. The molecule has 46 heavy (non-hydrogen) atoms. The fourth-order valence-electron chi connectivity index (χ4n) is 5.26. The van der Waals surface area contributed by atoms with E-state index in [1.54, 1.807) is 24.3 Å². The van der Waals surface area contributed by atoms with Crippen molar-refractivity contribution in [1.82, 2.24) is 0 Å². The molecule has 240 valence electrons. The summed E-state index contributed by atoms with van der Waals surface area (Å²) in [4.78, 5) is 13.0. The molecule has 0 aromatic heterocycles. The number of unbranched alkanes of at least 4 members (excludes halogenated alkanes) is 1. The van der Waals surface area contributed by atoms with E-state index in [0.29, 0.717) is 32.0 Å². The fraction of sp³-hybridized carbons (Fsp3) is 0.308. The molecule has 0 saturated carbocycles. The normalized spacial score (nSPS) is 21.0. The Hall–Kier alpha value is -4.11. The van der Waals surface area contributed by atoms with Crippen molar-refractivity contribution in [3.05, 3.63) is 156 Å². The number of hydrogen-bond donors (Lipinski definition) is 0. The summed E-state index contributed by atoms with van der Waals surface area (Å²) in [6.07, 6.45) is 0.0224. The Labute approximate surface area is 271 Å². The highest BCUT2D eigenvalue weighted by atomic mass is 16.7. The Morgan fingerprint density at radius 1 is 0.630 bits per heavy atom. The molecule has 1 aliphatic heterocycles. The van der Waals surface area contributed by atoms with Crippen LogP contribution >= 0.6 is 0 Å². The van der Waals surface area contributed by atoms with Crippen molar-refractivity contribution in [1.29, 1.82) is 0 Å². The van der Waals surface area contributed by atoms with Crippen LogP contribution in [-0.2, 0) is 48.2 Å². The van der Waals surface area contributed by atoms with Gasteiger partial charge in [-0.15, -0.1) is 6.58 Å². The largest absolute Gasteiger partial charge is 0.459 e. The first-order valence-electron chi connectivity index (χ1n) is 15.8. The average molecular weight is 623 g/mol. The van der Waals surface area contributed by atoms with Gasteiger partial charge in [-0.3, -0.25) is 0 Å². The van der Waals surface area contributed by atoms with E-state index in [9.17, 15) is 4.79 Å². The summed E-state index contributed by atoms with van der Waals surface area (Å²) in [5.41, 5.74) is 3.47. The van der Waals surface area contributed by atoms with Gasteiger partial charge < -0.3 is 28.4 Å². The minimum atomic E-state index is -0.800. The van der Waals surface area contributed by atoms with Crippen LogP contribution in [0.5, 0.6) is 0 Å². The van der Waals surface area contributed by atoms with Crippen LogP contribution in [0.2, 0.25) is 0 Å². The van der Waals surface area contributed by atoms with Crippen molar-refractivity contribution in [2.24, 2.45) is 0 Å². The Morgan fingerprint density at radius 3 is 1.63 bits per heavy atom. The predicted molar refractivity (Wildman–Crippen MR) is 176 cm³/mol. The first-order chi connectivity index (χ1) is 22.7. The molecular weight excluding hydrogens is 580 g/mol. The summed E-state index contributed by atoms with van der Waals surface area (Å²) in [7, 11) is 0. The number of ether oxygens (including phenoxy) is 6. The summed E-state index contributed by atoms with van der Waals surface area (Å²) in [6.45, 7) is 5.15. The van der Waals surface area contributed by atoms with Gasteiger partial charge in [-0.2, -0.15) is 0 Å². The van der Waals surface area contributed by atoms with Crippen molar-refractivity contribution >= 4 is 5.97 Å². The van der Waals surface area contributed by atoms with E-state index in [1.807, 2.05) is 103 Å². The van der Waals surface area contributed by atoms with E-state index < -0.39 is 36.7 Å². The van der Waals surface area contributed by atoms with Crippen LogP contribution in [0, 0.1) is 0 Å². The Balaban J connectivity index is 1.44. The predicted octanol–water partition coefficient (Wildman–Crippen LogP) is 7.31. The van der Waals surface area contributed by atoms with Crippen LogP contribution in [0.25, 0.3) is 0 Å². The summed E-state index contributed by atoms with van der Waals surface area (Å²) in [6, 6.07) is 38.7. The van der Waals surface area contributed by atoms with E-state index in [0.717, 1.165) is 29.5 Å². The van der Waals surface area contributed by atoms with E-state index in [1.165, 1.54) is 0 Å². The summed E-state index contributed by atoms with van der Waals surface area (Å²) >= 11 is 0. The van der Waals surface area contributed by atoms with Crippen molar-refractivity contribution in [3.8, 4) is 0 Å². The average Bonchev–Trinajstić information content (AvgIpc) is 3.12. The van der Waals surface area contributed by atoms with E-state index in [-0.39, 0.29) is 6.61 Å². The summed E-state index contributed by atoms with van der Waals surface area (Å²) in [5.74, 6) is -0.446. The lowest BCUT2D eigenvalue weighted by Crippen LogP contribution is -2.62.